The Hall–Kier alpha value is -1.26. The number of imidazole rings is 1. The predicted molar refractivity (Wildman–Crippen MR) is 75.2 cm³/mol. The van der Waals surface area contributed by atoms with E-state index in [1.165, 1.54) is 5.56 Å². The second kappa shape index (κ2) is 6.61. The van der Waals surface area contributed by atoms with Crippen LogP contribution in [0.2, 0.25) is 0 Å². The Morgan fingerprint density at radius 1 is 1.28 bits per heavy atom. The van der Waals surface area contributed by atoms with Gasteiger partial charge in [-0.05, 0) is 12.5 Å². The molecule has 0 fully saturated rings. The lowest BCUT2D eigenvalue weighted by Crippen LogP contribution is -1.92. The molecule has 2 rings (SSSR count). The van der Waals surface area contributed by atoms with Crippen molar-refractivity contribution in [2.24, 2.45) is 0 Å². The van der Waals surface area contributed by atoms with Gasteiger partial charge in [-0.1, -0.05) is 42.1 Å². The Morgan fingerprint density at radius 2 is 2.06 bits per heavy atom. The van der Waals surface area contributed by atoms with E-state index in [-0.39, 0.29) is 0 Å². The van der Waals surface area contributed by atoms with Crippen LogP contribution in [0.5, 0.6) is 0 Å². The summed E-state index contributed by atoms with van der Waals surface area (Å²) in [5, 5.41) is 0.982. The largest absolute Gasteiger partial charge is 0.384 e. The average molecular weight is 262 g/mol. The number of nitrogens with one attached hydrogen (secondary N) is 1. The maximum Gasteiger partial charge on any atom is 0.165 e. The van der Waals surface area contributed by atoms with Crippen LogP contribution in [0.25, 0.3) is 0 Å². The van der Waals surface area contributed by atoms with Crippen molar-refractivity contribution in [3.8, 4) is 0 Å². The van der Waals surface area contributed by atoms with Crippen molar-refractivity contribution in [2.75, 3.05) is 19.5 Å². The maximum absolute atomic E-state index is 5.03. The summed E-state index contributed by atoms with van der Waals surface area (Å²) in [4.78, 5) is 7.95. The van der Waals surface area contributed by atoms with Crippen molar-refractivity contribution in [3.05, 3.63) is 47.3 Å². The van der Waals surface area contributed by atoms with Gasteiger partial charge in [-0.3, -0.25) is 0 Å². The Balaban J connectivity index is 2.01. The van der Waals surface area contributed by atoms with Crippen LogP contribution >= 0.6 is 11.8 Å². The van der Waals surface area contributed by atoms with Crippen LogP contribution in [-0.2, 0) is 11.2 Å². The number of benzene rings is 1. The van der Waals surface area contributed by atoms with Gasteiger partial charge in [0.2, 0.25) is 0 Å². The molecule has 1 N–H and O–H groups in total. The van der Waals surface area contributed by atoms with Gasteiger partial charge in [-0.2, -0.15) is 0 Å². The van der Waals surface area contributed by atoms with Crippen LogP contribution in [0.4, 0.5) is 0 Å². The number of H-pyrrole nitrogens is 1. The molecule has 0 atom stereocenters. The van der Waals surface area contributed by atoms with Crippen LogP contribution in [-0.4, -0.2) is 29.4 Å². The fourth-order valence-corrected chi connectivity index (χ4v) is 2.56. The first kappa shape index (κ1) is 13.2. The summed E-state index contributed by atoms with van der Waals surface area (Å²) < 4.78 is 5.03. The van der Waals surface area contributed by atoms with Gasteiger partial charge < -0.3 is 9.72 Å². The zero-order valence-corrected chi connectivity index (χ0v) is 11.6. The third-order valence-corrected chi connectivity index (χ3v) is 3.54. The van der Waals surface area contributed by atoms with E-state index in [0.29, 0.717) is 0 Å². The second-order valence-electron chi connectivity index (χ2n) is 4.12. The SMILES string of the molecule is COCCSc1nc(Cc2ccccc2)c(C)[nH]1. The minimum absolute atomic E-state index is 0.748. The molecule has 0 aliphatic rings. The molecule has 18 heavy (non-hydrogen) atoms. The molecule has 0 unspecified atom stereocenters. The quantitative estimate of drug-likeness (QED) is 0.642. The van der Waals surface area contributed by atoms with Crippen molar-refractivity contribution in [2.45, 2.75) is 18.5 Å². The van der Waals surface area contributed by atoms with Gasteiger partial charge in [0.25, 0.3) is 0 Å². The molecular formula is C14H18N2OS. The third-order valence-electron chi connectivity index (χ3n) is 2.70. The van der Waals surface area contributed by atoms with Gasteiger partial charge >= 0.3 is 0 Å². The summed E-state index contributed by atoms with van der Waals surface area (Å²) in [6.45, 7) is 2.82. The number of nitrogens with zero attached hydrogens (tertiary/aromatic N) is 1. The zero-order chi connectivity index (χ0) is 12.8. The van der Waals surface area contributed by atoms with Gasteiger partial charge in [-0.25, -0.2) is 4.98 Å². The number of aromatic nitrogens is 2. The Kier molecular flexibility index (Phi) is 4.84. The number of aryl methyl sites for hydroxylation is 1. The van der Waals surface area contributed by atoms with Crippen LogP contribution in [0, 0.1) is 6.92 Å². The van der Waals surface area contributed by atoms with Gasteiger partial charge in [0.15, 0.2) is 5.16 Å². The maximum atomic E-state index is 5.03. The van der Waals surface area contributed by atoms with Crippen LogP contribution < -0.4 is 0 Å². The van der Waals surface area contributed by atoms with Gasteiger partial charge in [0, 0.05) is 25.0 Å². The number of hydrogen-bond acceptors (Lipinski definition) is 3. The summed E-state index contributed by atoms with van der Waals surface area (Å²) in [5.41, 5.74) is 3.57. The summed E-state index contributed by atoms with van der Waals surface area (Å²) in [7, 11) is 1.72. The first-order valence-electron chi connectivity index (χ1n) is 6.00. The minimum Gasteiger partial charge on any atom is -0.384 e. The molecule has 0 radical (unpaired) electrons. The molecule has 3 nitrogen and oxygen atoms in total. The number of rotatable bonds is 6. The molecule has 96 valence electrons. The van der Waals surface area contributed by atoms with Crippen molar-refractivity contribution < 1.29 is 4.74 Å². The van der Waals surface area contributed by atoms with Crippen LogP contribution in [0.1, 0.15) is 17.0 Å². The van der Waals surface area contributed by atoms with E-state index < -0.39 is 0 Å². The highest BCUT2D eigenvalue weighted by Gasteiger charge is 2.07. The van der Waals surface area contributed by atoms with Gasteiger partial charge in [0.1, 0.15) is 0 Å². The van der Waals surface area contributed by atoms with E-state index in [1.807, 2.05) is 6.07 Å². The highest BCUT2D eigenvalue weighted by Crippen LogP contribution is 2.18. The van der Waals surface area contributed by atoms with Crippen molar-refractivity contribution in [1.29, 1.82) is 0 Å². The molecule has 0 amide bonds. The molecular weight excluding hydrogens is 244 g/mol. The Bertz CT molecular complexity index is 482. The summed E-state index contributed by atoms with van der Waals surface area (Å²) in [5.74, 6) is 0.925. The molecule has 1 heterocycles. The lowest BCUT2D eigenvalue weighted by Gasteiger charge is -1.98. The van der Waals surface area contributed by atoms with Crippen molar-refractivity contribution >= 4 is 11.8 Å². The van der Waals surface area contributed by atoms with Crippen molar-refractivity contribution in [3.63, 3.8) is 0 Å². The number of hydrogen-bond donors (Lipinski definition) is 1. The van der Waals surface area contributed by atoms with Crippen molar-refractivity contribution in [1.82, 2.24) is 9.97 Å². The summed E-state index contributed by atoms with van der Waals surface area (Å²) in [6.07, 6.45) is 0.883. The summed E-state index contributed by atoms with van der Waals surface area (Å²) >= 11 is 1.70. The average Bonchev–Trinajstić information content (AvgIpc) is 2.72. The van der Waals surface area contributed by atoms with Crippen LogP contribution in [0.15, 0.2) is 35.5 Å². The van der Waals surface area contributed by atoms with Gasteiger partial charge in [-0.15, -0.1) is 0 Å². The normalized spacial score (nSPS) is 10.8. The molecule has 4 heteroatoms. The molecule has 0 spiro atoms. The number of thioether (sulfide) groups is 1. The molecule has 1 aromatic heterocycles. The highest BCUT2D eigenvalue weighted by atomic mass is 32.2. The lowest BCUT2D eigenvalue weighted by atomic mass is 10.1. The van der Waals surface area contributed by atoms with Crippen LogP contribution in [0.3, 0.4) is 0 Å². The lowest BCUT2D eigenvalue weighted by molar-refractivity contribution is 0.218. The predicted octanol–water partition coefficient (Wildman–Crippen LogP) is 3.05. The number of methoxy groups -OCH3 is 1. The van der Waals surface area contributed by atoms with E-state index in [4.69, 9.17) is 4.74 Å². The first-order valence-corrected chi connectivity index (χ1v) is 6.99. The number of ether oxygens (including phenoxy) is 1. The topological polar surface area (TPSA) is 37.9 Å². The van der Waals surface area contributed by atoms with E-state index in [0.717, 1.165) is 35.3 Å². The van der Waals surface area contributed by atoms with E-state index in [1.54, 1.807) is 18.9 Å². The fourth-order valence-electron chi connectivity index (χ4n) is 1.72. The Morgan fingerprint density at radius 3 is 2.78 bits per heavy atom. The van der Waals surface area contributed by atoms with E-state index >= 15 is 0 Å². The zero-order valence-electron chi connectivity index (χ0n) is 10.8. The molecule has 2 aromatic rings. The standard InChI is InChI=1S/C14H18N2OS/c1-11-13(10-12-6-4-3-5-7-12)16-14(15-11)18-9-8-17-2/h3-7H,8-10H2,1-2H3,(H,15,16). The molecule has 0 aliphatic heterocycles. The monoisotopic (exact) mass is 262 g/mol. The second-order valence-corrected chi connectivity index (χ2v) is 5.20. The molecule has 1 aromatic carbocycles. The fraction of sp³-hybridized carbons (Fsp3) is 0.357. The smallest absolute Gasteiger partial charge is 0.165 e. The summed E-state index contributed by atoms with van der Waals surface area (Å²) in [6, 6.07) is 10.4. The number of aromatic amines is 1. The molecule has 0 aliphatic carbocycles. The third kappa shape index (κ3) is 3.62. The van der Waals surface area contributed by atoms with E-state index in [9.17, 15) is 0 Å². The van der Waals surface area contributed by atoms with E-state index in [2.05, 4.69) is 41.2 Å². The highest BCUT2D eigenvalue weighted by molar-refractivity contribution is 7.99. The molecule has 0 saturated heterocycles. The first-order chi connectivity index (χ1) is 8.79. The molecule has 0 saturated carbocycles. The van der Waals surface area contributed by atoms with Gasteiger partial charge in [0.05, 0.1) is 12.3 Å². The Labute approximate surface area is 112 Å². The molecule has 0 bridgehead atoms. The minimum atomic E-state index is 0.748.